The highest BCUT2D eigenvalue weighted by Gasteiger charge is 2.25. The molecular formula is C21H29N5O4. The molecule has 9 heteroatoms. The first-order valence-corrected chi connectivity index (χ1v) is 9.75. The zero-order valence-electron chi connectivity index (χ0n) is 17.6. The number of nitrogens with zero attached hydrogens (tertiary/aromatic N) is 4. The number of aromatic nitrogens is 2. The summed E-state index contributed by atoms with van der Waals surface area (Å²) in [6, 6.07) is 1.69. The van der Waals surface area contributed by atoms with Crippen LogP contribution in [0.3, 0.4) is 0 Å². The number of rotatable bonds is 3. The number of anilines is 1. The topological polar surface area (TPSA) is 105 Å². The summed E-state index contributed by atoms with van der Waals surface area (Å²) in [6.45, 7) is 6.83. The standard InChI is InChI=1S/C21H25N5O4.2H2/c1-21(2,3)30-20(29)24-14-8-11-26(12-9-14)19-22-10-7-15(23-19)13-16-17(27)5-6-18(28)25(16)4;;/h7,10,13-14H,8-9,11-12H2,1-4H3,(H,24,29);2*1H/b16-13-;;. The number of amides is 2. The summed E-state index contributed by atoms with van der Waals surface area (Å²) in [4.78, 5) is 47.7. The lowest BCUT2D eigenvalue weighted by molar-refractivity contribution is -0.125. The number of nitrogens with one attached hydrogen (secondary N) is 1. The molecule has 0 spiro atoms. The zero-order valence-corrected chi connectivity index (χ0v) is 17.6. The van der Waals surface area contributed by atoms with E-state index in [9.17, 15) is 14.4 Å². The van der Waals surface area contributed by atoms with Gasteiger partial charge in [0.25, 0.3) is 5.78 Å². The third kappa shape index (κ3) is 5.35. The van der Waals surface area contributed by atoms with Crippen LogP contribution in [0.5, 0.6) is 0 Å². The van der Waals surface area contributed by atoms with Crippen LogP contribution in [0.2, 0.25) is 0 Å². The second-order valence-corrected chi connectivity index (χ2v) is 8.16. The molecule has 1 fully saturated rings. The molecule has 1 aromatic heterocycles. The lowest BCUT2D eigenvalue weighted by Gasteiger charge is -2.32. The van der Waals surface area contributed by atoms with Crippen LogP contribution in [-0.2, 0) is 14.3 Å². The molecule has 0 saturated carbocycles. The van der Waals surface area contributed by atoms with E-state index in [2.05, 4.69) is 27.1 Å². The van der Waals surface area contributed by atoms with E-state index in [0.717, 1.165) is 12.8 Å². The Labute approximate surface area is 178 Å². The second-order valence-electron chi connectivity index (χ2n) is 8.16. The van der Waals surface area contributed by atoms with Crippen molar-refractivity contribution in [2.45, 2.75) is 45.3 Å². The van der Waals surface area contributed by atoms with E-state index in [1.165, 1.54) is 18.0 Å². The van der Waals surface area contributed by atoms with E-state index < -0.39 is 23.4 Å². The lowest BCUT2D eigenvalue weighted by atomic mass is 10.1. The Morgan fingerprint density at radius 2 is 2.00 bits per heavy atom. The van der Waals surface area contributed by atoms with Crippen LogP contribution in [0.1, 0.15) is 42.2 Å². The maximum Gasteiger partial charge on any atom is 0.407 e. The molecule has 0 aliphatic carbocycles. The normalized spacial score (nSPS) is 18.9. The van der Waals surface area contributed by atoms with Gasteiger partial charge in [-0.05, 0) is 51.7 Å². The Morgan fingerprint density at radius 1 is 1.30 bits per heavy atom. The highest BCUT2D eigenvalue weighted by Crippen LogP contribution is 2.19. The van der Waals surface area contributed by atoms with Crippen LogP contribution in [0.15, 0.2) is 18.0 Å². The second kappa shape index (κ2) is 8.53. The fourth-order valence-electron chi connectivity index (χ4n) is 3.11. The van der Waals surface area contributed by atoms with Gasteiger partial charge in [-0.1, -0.05) is 0 Å². The molecule has 2 aliphatic rings. The number of hydrogen-bond acceptors (Lipinski definition) is 7. The average Bonchev–Trinajstić information content (AvgIpc) is 2.67. The Bertz CT molecular complexity index is 957. The van der Waals surface area contributed by atoms with Gasteiger partial charge >= 0.3 is 12.0 Å². The molecule has 30 heavy (non-hydrogen) atoms. The molecular weight excluding hydrogens is 386 g/mol. The number of ether oxygens (including phenoxy) is 1. The number of ketones is 1. The summed E-state index contributed by atoms with van der Waals surface area (Å²) in [5, 5.41) is 2.90. The quantitative estimate of drug-likeness (QED) is 0.456. The van der Waals surface area contributed by atoms with Crippen molar-refractivity contribution in [1.29, 1.82) is 0 Å². The van der Waals surface area contributed by atoms with Crippen LogP contribution >= 0.6 is 0 Å². The number of allylic oxidation sites excluding steroid dienone is 1. The number of hydrogen-bond donors (Lipinski definition) is 1. The molecule has 0 unspecified atom stereocenters. The summed E-state index contributed by atoms with van der Waals surface area (Å²) < 4.78 is 5.30. The SMILES string of the molecule is CN1C(=O)C#CC(=O)/C1=C/c1ccnc(N2CCC(NC(=O)OC(C)(C)C)CC2)n1.[HH].[HH]. The molecule has 2 aliphatic heterocycles. The predicted molar refractivity (Wildman–Crippen MR) is 114 cm³/mol. The van der Waals surface area contributed by atoms with Gasteiger partial charge in [0.15, 0.2) is 0 Å². The van der Waals surface area contributed by atoms with Gasteiger partial charge in [-0.25, -0.2) is 14.8 Å². The van der Waals surface area contributed by atoms with E-state index in [-0.39, 0.29) is 14.6 Å². The van der Waals surface area contributed by atoms with E-state index in [4.69, 9.17) is 4.74 Å². The summed E-state index contributed by atoms with van der Waals surface area (Å²) in [7, 11) is 1.50. The maximum absolute atomic E-state index is 12.0. The number of carbonyl (C=O) groups is 3. The van der Waals surface area contributed by atoms with Gasteiger partial charge < -0.3 is 19.9 Å². The first kappa shape index (κ1) is 21.3. The van der Waals surface area contributed by atoms with E-state index in [0.29, 0.717) is 24.7 Å². The molecule has 1 saturated heterocycles. The molecule has 9 nitrogen and oxygen atoms in total. The average molecular weight is 415 g/mol. The van der Waals surface area contributed by atoms with Crippen LogP contribution < -0.4 is 10.2 Å². The molecule has 1 N–H and O–H groups in total. The van der Waals surface area contributed by atoms with E-state index in [1.807, 2.05) is 25.7 Å². The minimum Gasteiger partial charge on any atom is -0.444 e. The van der Waals surface area contributed by atoms with Gasteiger partial charge in [0.05, 0.1) is 5.69 Å². The number of carbonyl (C=O) groups excluding carboxylic acids is 3. The number of alkyl carbamates (subject to hydrolysis) is 1. The third-order valence-corrected chi connectivity index (χ3v) is 4.63. The molecule has 1 aromatic rings. The summed E-state index contributed by atoms with van der Waals surface area (Å²) in [6.07, 6.45) is 4.21. The number of likely N-dealkylation sites (N-methyl/N-ethyl adjacent to an activating group) is 1. The summed E-state index contributed by atoms with van der Waals surface area (Å²) in [5.74, 6) is 4.23. The van der Waals surface area contributed by atoms with Crippen LogP contribution in [0.25, 0.3) is 6.08 Å². The van der Waals surface area contributed by atoms with Crippen LogP contribution in [0.4, 0.5) is 10.7 Å². The first-order chi connectivity index (χ1) is 14.1. The lowest BCUT2D eigenvalue weighted by Crippen LogP contribution is -2.46. The maximum atomic E-state index is 12.0. The molecule has 2 amide bonds. The predicted octanol–water partition coefficient (Wildman–Crippen LogP) is 1.85. The van der Waals surface area contributed by atoms with Crippen molar-refractivity contribution in [1.82, 2.24) is 20.2 Å². The van der Waals surface area contributed by atoms with Crippen molar-refractivity contribution in [3.05, 3.63) is 23.7 Å². The molecule has 0 radical (unpaired) electrons. The summed E-state index contributed by atoms with van der Waals surface area (Å²) >= 11 is 0. The molecule has 0 aromatic carbocycles. The van der Waals surface area contributed by atoms with Crippen molar-refractivity contribution in [3.63, 3.8) is 0 Å². The van der Waals surface area contributed by atoms with Crippen LogP contribution in [0, 0.1) is 11.8 Å². The first-order valence-electron chi connectivity index (χ1n) is 9.75. The Hall–Kier alpha value is -3.41. The van der Waals surface area contributed by atoms with Gasteiger partial charge in [0.1, 0.15) is 11.3 Å². The van der Waals surface area contributed by atoms with Gasteiger partial charge in [0, 0.05) is 41.1 Å². The molecule has 3 rings (SSSR count). The molecule has 3 heterocycles. The number of piperidine rings is 1. The third-order valence-electron chi connectivity index (χ3n) is 4.63. The highest BCUT2D eigenvalue weighted by atomic mass is 16.6. The van der Waals surface area contributed by atoms with Crippen molar-refractivity contribution < 1.29 is 22.0 Å². The zero-order chi connectivity index (χ0) is 21.9. The van der Waals surface area contributed by atoms with Crippen molar-refractivity contribution >= 4 is 29.8 Å². The Balaban J connectivity index is 0.00000256. The minimum atomic E-state index is -0.530. The highest BCUT2D eigenvalue weighted by molar-refractivity contribution is 6.19. The van der Waals surface area contributed by atoms with Gasteiger partial charge in [-0.3, -0.25) is 9.59 Å². The largest absolute Gasteiger partial charge is 0.444 e. The summed E-state index contributed by atoms with van der Waals surface area (Å²) in [5.41, 5.74) is 0.168. The smallest absolute Gasteiger partial charge is 0.407 e. The van der Waals surface area contributed by atoms with E-state index in [1.54, 1.807) is 12.3 Å². The monoisotopic (exact) mass is 415 g/mol. The molecule has 0 bridgehead atoms. The van der Waals surface area contributed by atoms with Gasteiger partial charge in [-0.15, -0.1) is 0 Å². The van der Waals surface area contributed by atoms with Crippen molar-refractivity contribution in [2.75, 3.05) is 25.0 Å². The fraction of sp³-hybridized carbons (Fsp3) is 0.476. The van der Waals surface area contributed by atoms with Crippen molar-refractivity contribution in [2.24, 2.45) is 0 Å². The Kier molecular flexibility index (Phi) is 6.06. The minimum absolute atomic E-state index is 0. The van der Waals surface area contributed by atoms with Gasteiger partial charge in [0.2, 0.25) is 5.95 Å². The fourth-order valence-corrected chi connectivity index (χ4v) is 3.11. The van der Waals surface area contributed by atoms with Crippen molar-refractivity contribution in [3.8, 4) is 11.8 Å². The Morgan fingerprint density at radius 3 is 2.67 bits per heavy atom. The number of Topliss-reactive ketones (excluding diaryl/α,β-unsaturated/α-hetero) is 1. The molecule has 0 atom stereocenters. The van der Waals surface area contributed by atoms with Crippen LogP contribution in [-0.4, -0.2) is 64.4 Å². The van der Waals surface area contributed by atoms with E-state index >= 15 is 0 Å². The molecule has 162 valence electrons. The van der Waals surface area contributed by atoms with Gasteiger partial charge in [-0.2, -0.15) is 0 Å².